The minimum absolute atomic E-state index is 0.0554. The fourth-order valence-corrected chi connectivity index (χ4v) is 3.80. The predicted octanol–water partition coefficient (Wildman–Crippen LogP) is 2.66. The zero-order chi connectivity index (χ0) is 15.0. The number of carbonyl (C=O) groups excluding carboxylic acids is 1. The second-order valence-electron chi connectivity index (χ2n) is 6.10. The molecule has 1 saturated heterocycles. The molecular weight excluding hydrogens is 284 g/mol. The minimum Gasteiger partial charge on any atom is -0.337 e. The Labute approximate surface area is 128 Å². The molecule has 112 valence electrons. The second-order valence-corrected chi connectivity index (χ2v) is 6.95. The lowest BCUT2D eigenvalue weighted by molar-refractivity contribution is 0.0618. The summed E-state index contributed by atoms with van der Waals surface area (Å²) in [7, 11) is 1.87. The second kappa shape index (κ2) is 5.60. The van der Waals surface area contributed by atoms with Crippen molar-refractivity contribution >= 4 is 17.2 Å². The molecule has 1 aliphatic rings. The third kappa shape index (κ3) is 3.00. The number of nitrogens with zero attached hydrogens (tertiary/aromatic N) is 4. The van der Waals surface area contributed by atoms with Crippen molar-refractivity contribution in [2.75, 3.05) is 13.1 Å². The summed E-state index contributed by atoms with van der Waals surface area (Å²) in [5.74, 6) is 1.18. The van der Waals surface area contributed by atoms with Gasteiger partial charge in [-0.1, -0.05) is 13.8 Å². The average molecular weight is 304 g/mol. The van der Waals surface area contributed by atoms with Crippen LogP contribution in [-0.2, 0) is 7.05 Å². The lowest BCUT2D eigenvalue weighted by Crippen LogP contribution is -2.42. The Morgan fingerprint density at radius 3 is 2.67 bits per heavy atom. The van der Waals surface area contributed by atoms with Crippen LogP contribution in [-0.4, -0.2) is 38.7 Å². The fourth-order valence-electron chi connectivity index (χ4n) is 3.03. The van der Waals surface area contributed by atoms with Gasteiger partial charge in [0.05, 0.1) is 6.20 Å². The third-order valence-corrected chi connectivity index (χ3v) is 4.72. The van der Waals surface area contributed by atoms with Crippen LogP contribution < -0.4 is 0 Å². The number of likely N-dealkylation sites (tertiary alicyclic amines) is 1. The number of carbonyl (C=O) groups is 1. The van der Waals surface area contributed by atoms with E-state index in [-0.39, 0.29) is 5.91 Å². The Hall–Kier alpha value is -1.69. The maximum atomic E-state index is 12.6. The van der Waals surface area contributed by atoms with Crippen molar-refractivity contribution in [2.45, 2.75) is 20.3 Å². The largest absolute Gasteiger partial charge is 0.337 e. The first-order chi connectivity index (χ1) is 10.0. The zero-order valence-electron chi connectivity index (χ0n) is 12.6. The number of aromatic nitrogens is 3. The number of rotatable bonds is 2. The van der Waals surface area contributed by atoms with Gasteiger partial charge in [-0.15, -0.1) is 11.3 Å². The zero-order valence-corrected chi connectivity index (χ0v) is 13.4. The Morgan fingerprint density at radius 1 is 1.33 bits per heavy atom. The number of aryl methyl sites for hydroxylation is 1. The number of thiazole rings is 1. The number of hydrogen-bond donors (Lipinski definition) is 0. The van der Waals surface area contributed by atoms with Crippen LogP contribution in [0, 0.1) is 11.8 Å². The highest BCUT2D eigenvalue weighted by Crippen LogP contribution is 2.26. The maximum absolute atomic E-state index is 12.6. The molecule has 0 aromatic carbocycles. The van der Waals surface area contributed by atoms with E-state index in [1.165, 1.54) is 17.8 Å². The van der Waals surface area contributed by atoms with Gasteiger partial charge >= 0.3 is 0 Å². The van der Waals surface area contributed by atoms with Crippen molar-refractivity contribution in [2.24, 2.45) is 18.9 Å². The van der Waals surface area contributed by atoms with Gasteiger partial charge in [0.1, 0.15) is 10.7 Å². The van der Waals surface area contributed by atoms with E-state index in [2.05, 4.69) is 23.9 Å². The Balaban J connectivity index is 1.78. The van der Waals surface area contributed by atoms with Crippen molar-refractivity contribution in [3.05, 3.63) is 23.5 Å². The lowest BCUT2D eigenvalue weighted by atomic mass is 9.92. The molecule has 0 aliphatic carbocycles. The van der Waals surface area contributed by atoms with Gasteiger partial charge < -0.3 is 4.90 Å². The number of piperidine rings is 1. The van der Waals surface area contributed by atoms with Crippen molar-refractivity contribution < 1.29 is 4.79 Å². The molecule has 1 fully saturated rings. The van der Waals surface area contributed by atoms with E-state index >= 15 is 0 Å². The Bertz CT molecular complexity index is 638. The predicted molar refractivity (Wildman–Crippen MR) is 83.2 cm³/mol. The molecule has 1 amide bonds. The first-order valence-corrected chi connectivity index (χ1v) is 8.14. The van der Waals surface area contributed by atoms with E-state index in [1.54, 1.807) is 10.9 Å². The van der Waals surface area contributed by atoms with E-state index in [4.69, 9.17) is 0 Å². The van der Waals surface area contributed by atoms with Crippen LogP contribution in [0.15, 0.2) is 17.8 Å². The summed E-state index contributed by atoms with van der Waals surface area (Å²) in [5.41, 5.74) is 1.52. The Kier molecular flexibility index (Phi) is 3.80. The molecule has 2 aromatic heterocycles. The molecule has 2 atom stereocenters. The number of hydrogen-bond acceptors (Lipinski definition) is 4. The van der Waals surface area contributed by atoms with Gasteiger partial charge in [-0.3, -0.25) is 9.48 Å². The molecule has 3 heterocycles. The van der Waals surface area contributed by atoms with Crippen LogP contribution in [0.5, 0.6) is 0 Å². The molecule has 21 heavy (non-hydrogen) atoms. The van der Waals surface area contributed by atoms with Gasteiger partial charge in [0.25, 0.3) is 5.91 Å². The van der Waals surface area contributed by atoms with Crippen LogP contribution in [0.1, 0.15) is 30.8 Å². The highest BCUT2D eigenvalue weighted by Gasteiger charge is 2.27. The SMILES string of the molecule is C[C@@H]1C[C@@H](C)CN(C(=O)c2csc(-c3cnn(C)c3)n2)C1. The summed E-state index contributed by atoms with van der Waals surface area (Å²) < 4.78 is 1.74. The Morgan fingerprint density at radius 2 is 2.05 bits per heavy atom. The van der Waals surface area contributed by atoms with E-state index in [0.717, 1.165) is 23.7 Å². The van der Waals surface area contributed by atoms with E-state index in [0.29, 0.717) is 17.5 Å². The number of amides is 1. The minimum atomic E-state index is 0.0554. The quantitative estimate of drug-likeness (QED) is 0.857. The summed E-state index contributed by atoms with van der Waals surface area (Å²) in [6, 6.07) is 0. The van der Waals surface area contributed by atoms with Crippen LogP contribution in [0.3, 0.4) is 0 Å². The molecule has 0 unspecified atom stereocenters. The molecule has 5 nitrogen and oxygen atoms in total. The summed E-state index contributed by atoms with van der Waals surface area (Å²) in [6.45, 7) is 6.09. The lowest BCUT2D eigenvalue weighted by Gasteiger charge is -2.34. The molecule has 0 saturated carbocycles. The van der Waals surface area contributed by atoms with Crippen LogP contribution in [0.25, 0.3) is 10.6 Å². The van der Waals surface area contributed by atoms with Gasteiger partial charge in [-0.25, -0.2) is 4.98 Å². The highest BCUT2D eigenvalue weighted by molar-refractivity contribution is 7.13. The molecule has 0 spiro atoms. The van der Waals surface area contributed by atoms with Gasteiger partial charge in [0, 0.05) is 37.3 Å². The van der Waals surface area contributed by atoms with Crippen LogP contribution in [0.2, 0.25) is 0 Å². The molecule has 1 aliphatic heterocycles. The third-order valence-electron chi connectivity index (χ3n) is 3.83. The van der Waals surface area contributed by atoms with E-state index in [1.807, 2.05) is 23.5 Å². The first-order valence-electron chi connectivity index (χ1n) is 7.26. The van der Waals surface area contributed by atoms with Gasteiger partial charge in [-0.2, -0.15) is 5.10 Å². The van der Waals surface area contributed by atoms with Gasteiger partial charge in [0.2, 0.25) is 0 Å². The maximum Gasteiger partial charge on any atom is 0.273 e. The van der Waals surface area contributed by atoms with Crippen LogP contribution in [0.4, 0.5) is 0 Å². The summed E-state index contributed by atoms with van der Waals surface area (Å²) >= 11 is 1.50. The van der Waals surface area contributed by atoms with E-state index < -0.39 is 0 Å². The molecule has 0 bridgehead atoms. The highest BCUT2D eigenvalue weighted by atomic mass is 32.1. The average Bonchev–Trinajstić information content (AvgIpc) is 3.05. The van der Waals surface area contributed by atoms with Crippen LogP contribution >= 0.6 is 11.3 Å². The summed E-state index contributed by atoms with van der Waals surface area (Å²) in [6.07, 6.45) is 4.89. The van der Waals surface area contributed by atoms with Gasteiger partial charge in [0.15, 0.2) is 0 Å². The molecule has 6 heteroatoms. The van der Waals surface area contributed by atoms with Crippen molar-refractivity contribution in [1.82, 2.24) is 19.7 Å². The normalized spacial score (nSPS) is 22.5. The fraction of sp³-hybridized carbons (Fsp3) is 0.533. The van der Waals surface area contributed by atoms with Crippen molar-refractivity contribution in [1.29, 1.82) is 0 Å². The smallest absolute Gasteiger partial charge is 0.273 e. The summed E-state index contributed by atoms with van der Waals surface area (Å²) in [4.78, 5) is 19.0. The monoisotopic (exact) mass is 304 g/mol. The summed E-state index contributed by atoms with van der Waals surface area (Å²) in [5, 5.41) is 6.85. The topological polar surface area (TPSA) is 51.0 Å². The molecule has 3 rings (SSSR count). The molecule has 0 N–H and O–H groups in total. The standard InChI is InChI=1S/C15H20N4OS/c1-10-4-11(2)7-19(6-10)15(20)13-9-21-14(17-13)12-5-16-18(3)8-12/h5,8-11H,4,6-7H2,1-3H3/t10-,11-/m1/s1. The van der Waals surface area contributed by atoms with Crippen molar-refractivity contribution in [3.63, 3.8) is 0 Å². The van der Waals surface area contributed by atoms with Gasteiger partial charge in [-0.05, 0) is 18.3 Å². The van der Waals surface area contributed by atoms with E-state index in [9.17, 15) is 4.79 Å². The first kappa shape index (κ1) is 14.3. The van der Waals surface area contributed by atoms with Crippen molar-refractivity contribution in [3.8, 4) is 10.6 Å². The molecular formula is C15H20N4OS. The molecule has 0 radical (unpaired) electrons. The molecule has 2 aromatic rings.